The molecular formula is C12H16N2O2. The van der Waals surface area contributed by atoms with Gasteiger partial charge in [-0.3, -0.25) is 9.59 Å². The number of aromatic nitrogens is 1. The minimum Gasteiger partial charge on any atom is -0.336 e. The summed E-state index contributed by atoms with van der Waals surface area (Å²) in [5, 5.41) is 0. The highest BCUT2D eigenvalue weighted by Crippen LogP contribution is 2.28. The van der Waals surface area contributed by atoms with Crippen molar-refractivity contribution in [2.24, 2.45) is 0 Å². The number of carbonyl (C=O) groups is 1. The predicted molar refractivity (Wildman–Crippen MR) is 61.0 cm³/mol. The second-order valence-corrected chi connectivity index (χ2v) is 4.18. The van der Waals surface area contributed by atoms with E-state index in [1.165, 1.54) is 0 Å². The zero-order valence-electron chi connectivity index (χ0n) is 9.40. The Morgan fingerprint density at radius 1 is 1.50 bits per heavy atom. The third-order valence-corrected chi connectivity index (χ3v) is 3.11. The van der Waals surface area contributed by atoms with E-state index in [1.807, 2.05) is 12.1 Å². The molecule has 1 amide bonds. The average Bonchev–Trinajstić information content (AvgIpc) is 2.29. The zero-order valence-corrected chi connectivity index (χ0v) is 9.40. The van der Waals surface area contributed by atoms with E-state index in [0.29, 0.717) is 5.56 Å². The molecule has 4 nitrogen and oxygen atoms in total. The van der Waals surface area contributed by atoms with Crippen molar-refractivity contribution in [3.8, 4) is 0 Å². The van der Waals surface area contributed by atoms with Crippen LogP contribution in [0.4, 0.5) is 0 Å². The molecule has 1 aliphatic rings. The highest BCUT2D eigenvalue weighted by atomic mass is 16.2. The third-order valence-electron chi connectivity index (χ3n) is 3.11. The van der Waals surface area contributed by atoms with Crippen LogP contribution < -0.4 is 5.56 Å². The van der Waals surface area contributed by atoms with Gasteiger partial charge in [-0.2, -0.15) is 0 Å². The summed E-state index contributed by atoms with van der Waals surface area (Å²) in [6.07, 6.45) is 4.60. The molecule has 0 spiro atoms. The van der Waals surface area contributed by atoms with E-state index >= 15 is 0 Å². The lowest BCUT2D eigenvalue weighted by molar-refractivity contribution is -0.132. The van der Waals surface area contributed by atoms with E-state index in [9.17, 15) is 9.59 Å². The SMILES string of the molecule is CC(=O)N1CCCCC1c1ccc[nH]c1=O. The lowest BCUT2D eigenvalue weighted by atomic mass is 9.96. The quantitative estimate of drug-likeness (QED) is 0.778. The van der Waals surface area contributed by atoms with Gasteiger partial charge in [-0.05, 0) is 31.4 Å². The van der Waals surface area contributed by atoms with Gasteiger partial charge < -0.3 is 9.88 Å². The van der Waals surface area contributed by atoms with E-state index in [2.05, 4.69) is 4.98 Å². The molecule has 16 heavy (non-hydrogen) atoms. The highest BCUT2D eigenvalue weighted by Gasteiger charge is 2.27. The number of carbonyl (C=O) groups excluding carboxylic acids is 1. The number of amides is 1. The molecule has 1 saturated heterocycles. The second-order valence-electron chi connectivity index (χ2n) is 4.18. The van der Waals surface area contributed by atoms with Crippen LogP contribution in [-0.2, 0) is 4.79 Å². The number of hydrogen-bond donors (Lipinski definition) is 1. The summed E-state index contributed by atoms with van der Waals surface area (Å²) in [5.74, 6) is 0.0490. The lowest BCUT2D eigenvalue weighted by Crippen LogP contribution is -2.39. The van der Waals surface area contributed by atoms with Gasteiger partial charge in [0.2, 0.25) is 5.91 Å². The van der Waals surface area contributed by atoms with Crippen molar-refractivity contribution >= 4 is 5.91 Å². The summed E-state index contributed by atoms with van der Waals surface area (Å²) >= 11 is 0. The Balaban J connectivity index is 2.34. The van der Waals surface area contributed by atoms with Crippen LogP contribution in [0.15, 0.2) is 23.1 Å². The van der Waals surface area contributed by atoms with E-state index in [-0.39, 0.29) is 17.5 Å². The first kappa shape index (κ1) is 10.9. The molecular weight excluding hydrogens is 204 g/mol. The molecule has 1 fully saturated rings. The predicted octanol–water partition coefficient (Wildman–Crippen LogP) is 1.45. The van der Waals surface area contributed by atoms with Gasteiger partial charge in [-0.15, -0.1) is 0 Å². The maximum absolute atomic E-state index is 11.7. The van der Waals surface area contributed by atoms with Crippen molar-refractivity contribution in [3.63, 3.8) is 0 Å². The maximum atomic E-state index is 11.7. The van der Waals surface area contributed by atoms with Crippen molar-refractivity contribution in [2.75, 3.05) is 6.54 Å². The molecule has 0 bridgehead atoms. The number of nitrogens with one attached hydrogen (secondary N) is 1. The van der Waals surface area contributed by atoms with Crippen LogP contribution in [0.3, 0.4) is 0 Å². The van der Waals surface area contributed by atoms with Gasteiger partial charge in [0.05, 0.1) is 6.04 Å². The number of likely N-dealkylation sites (tertiary alicyclic amines) is 1. The number of pyridine rings is 1. The van der Waals surface area contributed by atoms with Gasteiger partial charge >= 0.3 is 0 Å². The van der Waals surface area contributed by atoms with Crippen LogP contribution in [0.5, 0.6) is 0 Å². The fourth-order valence-electron chi connectivity index (χ4n) is 2.33. The van der Waals surface area contributed by atoms with Gasteiger partial charge in [0.25, 0.3) is 5.56 Å². The number of piperidine rings is 1. The van der Waals surface area contributed by atoms with E-state index in [1.54, 1.807) is 18.0 Å². The molecule has 0 saturated carbocycles. The van der Waals surface area contributed by atoms with Crippen molar-refractivity contribution in [2.45, 2.75) is 32.2 Å². The maximum Gasteiger partial charge on any atom is 0.253 e. The largest absolute Gasteiger partial charge is 0.336 e. The van der Waals surface area contributed by atoms with E-state index in [4.69, 9.17) is 0 Å². The average molecular weight is 220 g/mol. The molecule has 4 heteroatoms. The lowest BCUT2D eigenvalue weighted by Gasteiger charge is -2.34. The topological polar surface area (TPSA) is 53.2 Å². The standard InChI is InChI=1S/C12H16N2O2/c1-9(15)14-8-3-2-6-11(14)10-5-4-7-13-12(10)16/h4-5,7,11H,2-3,6,8H2,1H3,(H,13,16). The van der Waals surface area contributed by atoms with Gasteiger partial charge in [0.15, 0.2) is 0 Å². The first-order valence-electron chi connectivity index (χ1n) is 5.65. The highest BCUT2D eigenvalue weighted by molar-refractivity contribution is 5.73. The van der Waals surface area contributed by atoms with Gasteiger partial charge in [-0.1, -0.05) is 0 Å². The number of hydrogen-bond acceptors (Lipinski definition) is 2. The molecule has 1 aliphatic heterocycles. The minimum absolute atomic E-state index is 0.0452. The third kappa shape index (κ3) is 2.01. The van der Waals surface area contributed by atoms with E-state index in [0.717, 1.165) is 25.8 Å². The molecule has 1 aromatic rings. The smallest absolute Gasteiger partial charge is 0.253 e. The molecule has 2 rings (SSSR count). The molecule has 1 atom stereocenters. The van der Waals surface area contributed by atoms with Crippen LogP contribution in [0.1, 0.15) is 37.8 Å². The van der Waals surface area contributed by atoms with Crippen LogP contribution in [-0.4, -0.2) is 22.3 Å². The van der Waals surface area contributed by atoms with Gasteiger partial charge in [-0.25, -0.2) is 0 Å². The Bertz CT molecular complexity index is 439. The summed E-state index contributed by atoms with van der Waals surface area (Å²) in [4.78, 5) is 27.7. The first-order valence-corrected chi connectivity index (χ1v) is 5.65. The Kier molecular flexibility index (Phi) is 3.08. The second kappa shape index (κ2) is 4.51. The molecule has 1 aromatic heterocycles. The van der Waals surface area contributed by atoms with Crippen molar-refractivity contribution in [3.05, 3.63) is 34.2 Å². The zero-order chi connectivity index (χ0) is 11.5. The van der Waals surface area contributed by atoms with Crippen molar-refractivity contribution in [1.29, 1.82) is 0 Å². The van der Waals surface area contributed by atoms with Crippen LogP contribution in [0, 0.1) is 0 Å². The fraction of sp³-hybridized carbons (Fsp3) is 0.500. The summed E-state index contributed by atoms with van der Waals surface area (Å²) in [7, 11) is 0. The Morgan fingerprint density at radius 3 is 3.00 bits per heavy atom. The summed E-state index contributed by atoms with van der Waals surface area (Å²) in [5.41, 5.74) is 0.623. The summed E-state index contributed by atoms with van der Waals surface area (Å²) in [6, 6.07) is 3.57. The van der Waals surface area contributed by atoms with Crippen molar-refractivity contribution < 1.29 is 4.79 Å². The Labute approximate surface area is 94.3 Å². The Hall–Kier alpha value is -1.58. The number of H-pyrrole nitrogens is 1. The summed E-state index contributed by atoms with van der Waals surface area (Å²) < 4.78 is 0. The number of rotatable bonds is 1. The number of nitrogens with zero attached hydrogens (tertiary/aromatic N) is 1. The summed E-state index contributed by atoms with van der Waals surface area (Å²) in [6.45, 7) is 2.32. The molecule has 1 unspecified atom stereocenters. The molecule has 1 N–H and O–H groups in total. The molecule has 0 radical (unpaired) electrons. The van der Waals surface area contributed by atoms with Crippen LogP contribution >= 0.6 is 0 Å². The van der Waals surface area contributed by atoms with Gasteiger partial charge in [0.1, 0.15) is 0 Å². The van der Waals surface area contributed by atoms with E-state index < -0.39 is 0 Å². The number of aromatic amines is 1. The normalized spacial score (nSPS) is 20.8. The van der Waals surface area contributed by atoms with Crippen LogP contribution in [0.2, 0.25) is 0 Å². The first-order chi connectivity index (χ1) is 7.70. The van der Waals surface area contributed by atoms with Crippen molar-refractivity contribution in [1.82, 2.24) is 9.88 Å². The van der Waals surface area contributed by atoms with Gasteiger partial charge in [0, 0.05) is 25.2 Å². The minimum atomic E-state index is -0.0827. The Morgan fingerprint density at radius 2 is 2.31 bits per heavy atom. The molecule has 0 aromatic carbocycles. The fourth-order valence-corrected chi connectivity index (χ4v) is 2.33. The molecule has 0 aliphatic carbocycles. The molecule has 2 heterocycles. The van der Waals surface area contributed by atoms with Crippen LogP contribution in [0.25, 0.3) is 0 Å². The monoisotopic (exact) mass is 220 g/mol. The molecule has 86 valence electrons.